The molecule has 0 spiro atoms. The van der Waals surface area contributed by atoms with Crippen LogP contribution in [0, 0.1) is 13.8 Å². The van der Waals surface area contributed by atoms with Crippen LogP contribution in [0.15, 0.2) is 6.07 Å². The number of nitrogens with zero attached hydrogens (tertiary/aromatic N) is 1. The third kappa shape index (κ3) is 3.17. The van der Waals surface area contributed by atoms with Crippen LogP contribution in [0.25, 0.3) is 0 Å². The lowest BCUT2D eigenvalue weighted by molar-refractivity contribution is 0.458. The molecule has 1 saturated carbocycles. The first kappa shape index (κ1) is 13.7. The van der Waals surface area contributed by atoms with E-state index in [-0.39, 0.29) is 0 Å². The molecule has 102 valence electrons. The summed E-state index contributed by atoms with van der Waals surface area (Å²) in [7, 11) is 0. The molecule has 2 rings (SSSR count). The minimum atomic E-state index is 0.747. The number of aryl methyl sites for hydroxylation is 1. The standard InChI is InChI=1S/C16H28N2/c1-4-18-13(2)11-15(14(18)3)12-17-16-9-7-5-6-8-10-16/h11,16-17H,4-10,12H2,1-3H3. The quantitative estimate of drug-likeness (QED) is 0.799. The molecular formula is C16H28N2. The van der Waals surface area contributed by atoms with E-state index in [0.29, 0.717) is 0 Å². The van der Waals surface area contributed by atoms with E-state index in [0.717, 1.165) is 19.1 Å². The lowest BCUT2D eigenvalue weighted by Crippen LogP contribution is -2.28. The second-order valence-corrected chi connectivity index (χ2v) is 5.71. The summed E-state index contributed by atoms with van der Waals surface area (Å²) in [6.45, 7) is 8.82. The van der Waals surface area contributed by atoms with Gasteiger partial charge in [0.05, 0.1) is 0 Å². The molecule has 18 heavy (non-hydrogen) atoms. The van der Waals surface area contributed by atoms with Gasteiger partial charge in [-0.1, -0.05) is 25.7 Å². The highest BCUT2D eigenvalue weighted by molar-refractivity contribution is 5.26. The van der Waals surface area contributed by atoms with E-state index in [2.05, 4.69) is 36.7 Å². The molecule has 1 aliphatic rings. The van der Waals surface area contributed by atoms with Crippen molar-refractivity contribution in [1.29, 1.82) is 0 Å². The monoisotopic (exact) mass is 248 g/mol. The van der Waals surface area contributed by atoms with Crippen LogP contribution < -0.4 is 5.32 Å². The van der Waals surface area contributed by atoms with Crippen molar-refractivity contribution in [2.75, 3.05) is 0 Å². The van der Waals surface area contributed by atoms with Gasteiger partial charge >= 0.3 is 0 Å². The van der Waals surface area contributed by atoms with Crippen LogP contribution >= 0.6 is 0 Å². The molecule has 0 atom stereocenters. The second kappa shape index (κ2) is 6.42. The van der Waals surface area contributed by atoms with Gasteiger partial charge in [0.2, 0.25) is 0 Å². The van der Waals surface area contributed by atoms with Gasteiger partial charge in [-0.2, -0.15) is 0 Å². The average molecular weight is 248 g/mol. The molecule has 2 nitrogen and oxygen atoms in total. The Morgan fingerprint density at radius 2 is 1.83 bits per heavy atom. The zero-order valence-electron chi connectivity index (χ0n) is 12.3. The third-order valence-corrected chi connectivity index (χ3v) is 4.43. The van der Waals surface area contributed by atoms with Gasteiger partial charge in [0, 0.05) is 30.5 Å². The summed E-state index contributed by atoms with van der Waals surface area (Å²) in [6.07, 6.45) is 8.42. The first-order valence-electron chi connectivity index (χ1n) is 7.61. The van der Waals surface area contributed by atoms with E-state index in [1.165, 1.54) is 55.5 Å². The number of rotatable bonds is 4. The molecule has 0 saturated heterocycles. The van der Waals surface area contributed by atoms with Crippen LogP contribution in [-0.2, 0) is 13.1 Å². The van der Waals surface area contributed by atoms with Gasteiger partial charge in [-0.05, 0) is 45.2 Å². The Labute approximate surface area is 112 Å². The van der Waals surface area contributed by atoms with Crippen LogP contribution in [0.2, 0.25) is 0 Å². The van der Waals surface area contributed by atoms with E-state index >= 15 is 0 Å². The Bertz CT molecular complexity index is 371. The fourth-order valence-corrected chi connectivity index (χ4v) is 3.28. The number of nitrogens with one attached hydrogen (secondary N) is 1. The highest BCUT2D eigenvalue weighted by Gasteiger charge is 2.13. The van der Waals surface area contributed by atoms with Crippen molar-refractivity contribution in [2.45, 2.75) is 78.4 Å². The largest absolute Gasteiger partial charge is 0.349 e. The lowest BCUT2D eigenvalue weighted by atomic mass is 10.1. The predicted octanol–water partition coefficient (Wildman–Crippen LogP) is 3.94. The summed E-state index contributed by atoms with van der Waals surface area (Å²) in [5, 5.41) is 3.77. The van der Waals surface area contributed by atoms with Crippen molar-refractivity contribution in [3.63, 3.8) is 0 Å². The van der Waals surface area contributed by atoms with Gasteiger partial charge in [0.25, 0.3) is 0 Å². The minimum absolute atomic E-state index is 0.747. The molecule has 0 unspecified atom stereocenters. The van der Waals surface area contributed by atoms with E-state index in [1.54, 1.807) is 0 Å². The first-order valence-corrected chi connectivity index (χ1v) is 7.61. The van der Waals surface area contributed by atoms with Crippen molar-refractivity contribution in [3.8, 4) is 0 Å². The fourth-order valence-electron chi connectivity index (χ4n) is 3.28. The number of hydrogen-bond acceptors (Lipinski definition) is 1. The van der Waals surface area contributed by atoms with Crippen molar-refractivity contribution >= 4 is 0 Å². The molecular weight excluding hydrogens is 220 g/mol. The maximum atomic E-state index is 3.77. The van der Waals surface area contributed by atoms with Crippen LogP contribution in [0.4, 0.5) is 0 Å². The highest BCUT2D eigenvalue weighted by Crippen LogP contribution is 2.19. The molecule has 0 bridgehead atoms. The topological polar surface area (TPSA) is 17.0 Å². The number of hydrogen-bond donors (Lipinski definition) is 1. The van der Waals surface area contributed by atoms with Crippen LogP contribution in [-0.4, -0.2) is 10.6 Å². The van der Waals surface area contributed by atoms with Crippen molar-refractivity contribution in [1.82, 2.24) is 9.88 Å². The van der Waals surface area contributed by atoms with Crippen molar-refractivity contribution in [2.24, 2.45) is 0 Å². The van der Waals surface area contributed by atoms with Gasteiger partial charge in [-0.25, -0.2) is 0 Å². The Morgan fingerprint density at radius 1 is 1.17 bits per heavy atom. The maximum absolute atomic E-state index is 3.77. The van der Waals surface area contributed by atoms with Gasteiger partial charge in [0.1, 0.15) is 0 Å². The summed E-state index contributed by atoms with van der Waals surface area (Å²) >= 11 is 0. The van der Waals surface area contributed by atoms with E-state index in [9.17, 15) is 0 Å². The summed E-state index contributed by atoms with van der Waals surface area (Å²) in [5.41, 5.74) is 4.32. The third-order valence-electron chi connectivity index (χ3n) is 4.43. The molecule has 0 aromatic carbocycles. The molecule has 0 aliphatic heterocycles. The molecule has 1 heterocycles. The first-order chi connectivity index (χ1) is 8.72. The fraction of sp³-hybridized carbons (Fsp3) is 0.750. The average Bonchev–Trinajstić information content (AvgIpc) is 2.58. The molecule has 1 aromatic heterocycles. The Morgan fingerprint density at radius 3 is 2.39 bits per heavy atom. The summed E-state index contributed by atoms with van der Waals surface area (Å²) in [6, 6.07) is 3.10. The molecule has 0 amide bonds. The Hall–Kier alpha value is -0.760. The molecule has 1 fully saturated rings. The minimum Gasteiger partial charge on any atom is -0.349 e. The van der Waals surface area contributed by atoms with Gasteiger partial charge < -0.3 is 9.88 Å². The summed E-state index contributed by atoms with van der Waals surface area (Å²) in [5.74, 6) is 0. The SMILES string of the molecule is CCn1c(C)cc(CNC2CCCCCC2)c1C. The molecule has 1 aliphatic carbocycles. The maximum Gasteiger partial charge on any atom is 0.0225 e. The van der Waals surface area contributed by atoms with Crippen molar-refractivity contribution in [3.05, 3.63) is 23.0 Å². The second-order valence-electron chi connectivity index (χ2n) is 5.71. The summed E-state index contributed by atoms with van der Waals surface area (Å²) < 4.78 is 2.41. The zero-order valence-corrected chi connectivity index (χ0v) is 12.3. The zero-order chi connectivity index (χ0) is 13.0. The van der Waals surface area contributed by atoms with Crippen LogP contribution in [0.3, 0.4) is 0 Å². The van der Waals surface area contributed by atoms with E-state index in [1.807, 2.05) is 0 Å². The van der Waals surface area contributed by atoms with Crippen molar-refractivity contribution < 1.29 is 0 Å². The van der Waals surface area contributed by atoms with Gasteiger partial charge in [-0.3, -0.25) is 0 Å². The van der Waals surface area contributed by atoms with Gasteiger partial charge in [-0.15, -0.1) is 0 Å². The van der Waals surface area contributed by atoms with E-state index in [4.69, 9.17) is 0 Å². The van der Waals surface area contributed by atoms with Gasteiger partial charge in [0.15, 0.2) is 0 Å². The predicted molar refractivity (Wildman–Crippen MR) is 77.9 cm³/mol. The molecule has 1 aromatic rings. The molecule has 1 N–H and O–H groups in total. The molecule has 0 radical (unpaired) electrons. The lowest BCUT2D eigenvalue weighted by Gasteiger charge is -2.16. The van der Waals surface area contributed by atoms with Crippen LogP contribution in [0.5, 0.6) is 0 Å². The summed E-state index contributed by atoms with van der Waals surface area (Å²) in [4.78, 5) is 0. The van der Waals surface area contributed by atoms with E-state index < -0.39 is 0 Å². The smallest absolute Gasteiger partial charge is 0.0225 e. The Kier molecular flexibility index (Phi) is 4.87. The highest BCUT2D eigenvalue weighted by atomic mass is 15.0. The normalized spacial score (nSPS) is 17.9. The van der Waals surface area contributed by atoms with Crippen LogP contribution in [0.1, 0.15) is 62.4 Å². The molecule has 2 heteroatoms. The number of aromatic nitrogens is 1. The Balaban J connectivity index is 1.93.